The summed E-state index contributed by atoms with van der Waals surface area (Å²) in [5, 5.41) is 12.9. The van der Waals surface area contributed by atoms with Crippen LogP contribution in [-0.4, -0.2) is 54.8 Å². The molecule has 0 spiro atoms. The average Bonchev–Trinajstić information content (AvgIpc) is 3.52. The van der Waals surface area contributed by atoms with Crippen LogP contribution in [0.5, 0.6) is 5.75 Å². The van der Waals surface area contributed by atoms with E-state index in [1.807, 2.05) is 13.8 Å². The van der Waals surface area contributed by atoms with Gasteiger partial charge in [-0.05, 0) is 86.2 Å². The smallest absolute Gasteiger partial charge is 0.320 e. The van der Waals surface area contributed by atoms with Crippen LogP contribution >= 0.6 is 0 Å². The number of hydrogen-bond donors (Lipinski definition) is 2. The summed E-state index contributed by atoms with van der Waals surface area (Å²) in [6.45, 7) is 9.51. The van der Waals surface area contributed by atoms with Crippen LogP contribution in [0.25, 0.3) is 0 Å². The van der Waals surface area contributed by atoms with E-state index in [2.05, 4.69) is 35.3 Å². The molecule has 5 nitrogen and oxygen atoms in total. The third kappa shape index (κ3) is 3.99. The normalized spacial score (nSPS) is 29.5. The molecule has 4 atom stereocenters. The number of fused-ring (bicyclic) bond motifs is 4. The molecule has 1 aromatic carbocycles. The van der Waals surface area contributed by atoms with E-state index in [1.165, 1.54) is 30.5 Å². The van der Waals surface area contributed by atoms with Gasteiger partial charge in [0.25, 0.3) is 0 Å². The first-order valence-electron chi connectivity index (χ1n) is 11.7. The molecule has 5 heteroatoms. The van der Waals surface area contributed by atoms with Gasteiger partial charge in [0.15, 0.2) is 0 Å². The van der Waals surface area contributed by atoms with E-state index in [-0.39, 0.29) is 11.3 Å². The fraction of sp³-hybridized carbons (Fsp3) is 0.720. The maximum atomic E-state index is 11.6. The van der Waals surface area contributed by atoms with Crippen molar-refractivity contribution in [3.63, 3.8) is 0 Å². The molecule has 1 saturated heterocycles. The molecule has 0 aromatic heterocycles. The third-order valence-electron chi connectivity index (χ3n) is 8.10. The summed E-state index contributed by atoms with van der Waals surface area (Å²) in [5.41, 5.74) is 2.98. The van der Waals surface area contributed by atoms with Crippen molar-refractivity contribution in [3.8, 4) is 5.75 Å². The van der Waals surface area contributed by atoms with Gasteiger partial charge in [-0.3, -0.25) is 9.69 Å². The highest BCUT2D eigenvalue weighted by atomic mass is 16.5. The molecular weight excluding hydrogens is 376 g/mol. The number of nitrogens with zero attached hydrogens (tertiary/aromatic N) is 1. The lowest BCUT2D eigenvalue weighted by Crippen LogP contribution is -2.60. The number of methoxy groups -OCH3 is 1. The van der Waals surface area contributed by atoms with Gasteiger partial charge in [0.1, 0.15) is 11.8 Å². The number of aliphatic carboxylic acids is 1. The summed E-state index contributed by atoms with van der Waals surface area (Å²) >= 11 is 0. The van der Waals surface area contributed by atoms with E-state index in [0.29, 0.717) is 12.0 Å². The Hall–Kier alpha value is -1.59. The molecule has 166 valence electrons. The van der Waals surface area contributed by atoms with E-state index in [9.17, 15) is 9.90 Å². The Morgan fingerprint density at radius 2 is 2.13 bits per heavy atom. The zero-order chi connectivity index (χ0) is 21.5. The van der Waals surface area contributed by atoms with Crippen LogP contribution in [0.15, 0.2) is 18.2 Å². The molecule has 2 fully saturated rings. The van der Waals surface area contributed by atoms with E-state index < -0.39 is 12.0 Å². The van der Waals surface area contributed by atoms with Crippen molar-refractivity contribution >= 4 is 5.97 Å². The van der Waals surface area contributed by atoms with Crippen molar-refractivity contribution in [1.29, 1.82) is 0 Å². The van der Waals surface area contributed by atoms with E-state index in [0.717, 1.165) is 44.0 Å². The van der Waals surface area contributed by atoms with Gasteiger partial charge in [-0.2, -0.15) is 0 Å². The van der Waals surface area contributed by atoms with Crippen LogP contribution < -0.4 is 10.1 Å². The molecule has 4 rings (SSSR count). The Kier molecular flexibility index (Phi) is 6.13. The molecule has 1 heterocycles. The van der Waals surface area contributed by atoms with Crippen molar-refractivity contribution in [2.45, 2.75) is 70.4 Å². The fourth-order valence-electron chi connectivity index (χ4n) is 6.06. The molecule has 2 aliphatic carbocycles. The fourth-order valence-corrected chi connectivity index (χ4v) is 6.06. The minimum atomic E-state index is -0.751. The van der Waals surface area contributed by atoms with Crippen molar-refractivity contribution in [1.82, 2.24) is 10.2 Å². The first-order chi connectivity index (χ1) is 14.4. The zero-order valence-electron chi connectivity index (χ0n) is 19.0. The largest absolute Gasteiger partial charge is 0.497 e. The van der Waals surface area contributed by atoms with Gasteiger partial charge in [-0.25, -0.2) is 0 Å². The zero-order valence-corrected chi connectivity index (χ0v) is 19.0. The Balaban J connectivity index is 1.60. The van der Waals surface area contributed by atoms with Crippen LogP contribution in [0.1, 0.15) is 57.6 Å². The van der Waals surface area contributed by atoms with Crippen LogP contribution in [-0.2, 0) is 16.6 Å². The highest BCUT2D eigenvalue weighted by Gasteiger charge is 2.51. The SMILES string of the molecule is COc1ccc2c(c1)C1(CCN[C@H](C(=O)O)C(C)C)CCN(CC3CC3)[C@@H](C2)[C@H]1C. The molecule has 2 N–H and O–H groups in total. The Labute approximate surface area is 181 Å². The number of carboxylic acid groups (broad SMARTS) is 1. The molecule has 1 saturated carbocycles. The summed E-state index contributed by atoms with van der Waals surface area (Å²) in [6.07, 6.45) is 6.02. The van der Waals surface area contributed by atoms with Crippen LogP contribution in [0.4, 0.5) is 0 Å². The molecule has 0 radical (unpaired) electrons. The summed E-state index contributed by atoms with van der Waals surface area (Å²) in [6, 6.07) is 6.72. The Morgan fingerprint density at radius 3 is 2.77 bits per heavy atom. The molecule has 0 amide bonds. The Bertz CT molecular complexity index is 776. The van der Waals surface area contributed by atoms with Gasteiger partial charge in [0.2, 0.25) is 0 Å². The number of piperidine rings is 1. The highest BCUT2D eigenvalue weighted by Crippen LogP contribution is 2.52. The second-order valence-corrected chi connectivity index (χ2v) is 10.2. The molecule has 1 aromatic rings. The predicted molar refractivity (Wildman–Crippen MR) is 119 cm³/mol. The molecule has 3 aliphatic rings. The molecule has 2 bridgehead atoms. The van der Waals surface area contributed by atoms with Gasteiger partial charge in [-0.1, -0.05) is 26.8 Å². The number of likely N-dealkylation sites (tertiary alicyclic amines) is 1. The minimum absolute atomic E-state index is 0.0734. The second kappa shape index (κ2) is 8.51. The number of benzene rings is 1. The lowest BCUT2D eigenvalue weighted by molar-refractivity contribution is -0.140. The average molecular weight is 415 g/mol. The molecule has 1 unspecified atom stereocenters. The van der Waals surface area contributed by atoms with Crippen LogP contribution in [0.2, 0.25) is 0 Å². The number of nitrogens with one attached hydrogen (secondary N) is 1. The van der Waals surface area contributed by atoms with Gasteiger partial charge in [0, 0.05) is 18.0 Å². The van der Waals surface area contributed by atoms with Crippen molar-refractivity contribution in [3.05, 3.63) is 29.3 Å². The first kappa shape index (κ1) is 21.6. The van der Waals surface area contributed by atoms with Gasteiger partial charge < -0.3 is 15.2 Å². The molecule has 30 heavy (non-hydrogen) atoms. The van der Waals surface area contributed by atoms with Gasteiger partial charge in [0.05, 0.1) is 7.11 Å². The monoisotopic (exact) mass is 414 g/mol. The number of rotatable bonds is 9. The summed E-state index contributed by atoms with van der Waals surface area (Å²) in [4.78, 5) is 14.4. The van der Waals surface area contributed by atoms with Gasteiger partial charge in [-0.15, -0.1) is 0 Å². The highest BCUT2D eigenvalue weighted by molar-refractivity contribution is 5.73. The lowest BCUT2D eigenvalue weighted by atomic mass is 9.56. The maximum Gasteiger partial charge on any atom is 0.320 e. The van der Waals surface area contributed by atoms with Crippen molar-refractivity contribution in [2.24, 2.45) is 17.8 Å². The number of ether oxygens (including phenoxy) is 1. The van der Waals surface area contributed by atoms with E-state index in [4.69, 9.17) is 4.74 Å². The van der Waals surface area contributed by atoms with E-state index in [1.54, 1.807) is 7.11 Å². The van der Waals surface area contributed by atoms with Crippen molar-refractivity contribution in [2.75, 3.05) is 26.7 Å². The second-order valence-electron chi connectivity index (χ2n) is 10.2. The van der Waals surface area contributed by atoms with E-state index >= 15 is 0 Å². The number of carbonyl (C=O) groups is 1. The quantitative estimate of drug-likeness (QED) is 0.645. The lowest BCUT2D eigenvalue weighted by Gasteiger charge is -2.56. The Morgan fingerprint density at radius 1 is 1.37 bits per heavy atom. The topological polar surface area (TPSA) is 61.8 Å². The molecular formula is C25H38N2O3. The summed E-state index contributed by atoms with van der Waals surface area (Å²) in [5.74, 6) is 1.71. The standard InChI is InChI=1S/C25H38N2O3/c1-16(2)23(24(28)29)26-11-9-25-10-12-27(15-18-5-6-18)22(17(25)3)13-19-7-8-20(30-4)14-21(19)25/h7-8,14,16-18,22-23,26H,5-6,9-13,15H2,1-4H3,(H,28,29)/t17-,22+,23+,25?/m1/s1. The number of carboxylic acids is 1. The molecule has 1 aliphatic heterocycles. The summed E-state index contributed by atoms with van der Waals surface area (Å²) < 4.78 is 5.58. The summed E-state index contributed by atoms with van der Waals surface area (Å²) in [7, 11) is 1.74. The maximum absolute atomic E-state index is 11.6. The van der Waals surface area contributed by atoms with Crippen LogP contribution in [0, 0.1) is 17.8 Å². The number of hydrogen-bond acceptors (Lipinski definition) is 4. The predicted octanol–water partition coefficient (Wildman–Crippen LogP) is 3.70. The van der Waals surface area contributed by atoms with Crippen LogP contribution in [0.3, 0.4) is 0 Å². The minimum Gasteiger partial charge on any atom is -0.497 e. The first-order valence-corrected chi connectivity index (χ1v) is 11.7. The van der Waals surface area contributed by atoms with Gasteiger partial charge >= 0.3 is 5.97 Å². The third-order valence-corrected chi connectivity index (χ3v) is 8.10. The van der Waals surface area contributed by atoms with Crippen molar-refractivity contribution < 1.29 is 14.6 Å².